The Bertz CT molecular complexity index is 567. The molecule has 2 saturated heterocycles. The molecule has 1 radical (unpaired) electrons. The van der Waals surface area contributed by atoms with E-state index in [-0.39, 0.29) is 0 Å². The van der Waals surface area contributed by atoms with E-state index >= 15 is 0 Å². The molecule has 2 aliphatic heterocycles. The van der Waals surface area contributed by atoms with E-state index in [1.54, 1.807) is 11.1 Å². The van der Waals surface area contributed by atoms with Crippen LogP contribution in [0.25, 0.3) is 0 Å². The Morgan fingerprint density at radius 2 is 2.23 bits per heavy atom. The largest absolute Gasteiger partial charge is 0.377 e. The highest BCUT2D eigenvalue weighted by Gasteiger charge is 2.53. The molecule has 5 rings (SSSR count). The number of hydrogen-bond donors (Lipinski definition) is 0. The summed E-state index contributed by atoms with van der Waals surface area (Å²) in [6.07, 6.45) is 10.1. The summed E-state index contributed by atoms with van der Waals surface area (Å²) in [5.41, 5.74) is 3.75. The van der Waals surface area contributed by atoms with Gasteiger partial charge in [-0.15, -0.1) is 0 Å². The molecule has 2 heteroatoms. The average molecular weight is 296 g/mol. The van der Waals surface area contributed by atoms with Crippen molar-refractivity contribution in [3.63, 3.8) is 0 Å². The van der Waals surface area contributed by atoms with Crippen molar-refractivity contribution < 1.29 is 4.74 Å². The molecule has 0 spiro atoms. The Kier molecular flexibility index (Phi) is 3.13. The second kappa shape index (κ2) is 5.07. The average Bonchev–Trinajstić information content (AvgIpc) is 2.52. The standard InChI is InChI=1S/C20H26NO/c1-2-6-17-15(5-1)13-19-18-7-3-4-9-20(17,18)10-11-21(19)14-16-8-12-22-16/h1,5-6,16,18-19H,3-4,7-14H2/t16?,18-,19+,20-/m0/s1. The fourth-order valence-electron chi connectivity index (χ4n) is 5.89. The van der Waals surface area contributed by atoms with Gasteiger partial charge in [-0.1, -0.05) is 31.0 Å². The van der Waals surface area contributed by atoms with Crippen LogP contribution in [0.15, 0.2) is 18.2 Å². The predicted octanol–water partition coefficient (Wildman–Crippen LogP) is 3.33. The highest BCUT2D eigenvalue weighted by molar-refractivity contribution is 5.40. The van der Waals surface area contributed by atoms with Crippen molar-refractivity contribution in [2.45, 2.75) is 62.5 Å². The molecular weight excluding hydrogens is 270 g/mol. The minimum Gasteiger partial charge on any atom is -0.377 e. The van der Waals surface area contributed by atoms with Crippen LogP contribution >= 0.6 is 0 Å². The predicted molar refractivity (Wildman–Crippen MR) is 87.0 cm³/mol. The van der Waals surface area contributed by atoms with E-state index in [2.05, 4.69) is 29.2 Å². The normalized spacial score (nSPS) is 40.5. The molecule has 2 nitrogen and oxygen atoms in total. The zero-order valence-electron chi connectivity index (χ0n) is 13.4. The van der Waals surface area contributed by atoms with Crippen LogP contribution in [-0.2, 0) is 16.6 Å². The van der Waals surface area contributed by atoms with Crippen molar-refractivity contribution in [1.82, 2.24) is 4.90 Å². The van der Waals surface area contributed by atoms with Gasteiger partial charge in [0.2, 0.25) is 0 Å². The van der Waals surface area contributed by atoms with Gasteiger partial charge < -0.3 is 4.74 Å². The van der Waals surface area contributed by atoms with Crippen molar-refractivity contribution >= 4 is 0 Å². The first-order valence-corrected chi connectivity index (χ1v) is 9.22. The summed E-state index contributed by atoms with van der Waals surface area (Å²) in [5, 5.41) is 0. The van der Waals surface area contributed by atoms with Crippen LogP contribution in [0.1, 0.15) is 49.7 Å². The van der Waals surface area contributed by atoms with Gasteiger partial charge in [-0.3, -0.25) is 4.90 Å². The summed E-state index contributed by atoms with van der Waals surface area (Å²) in [5.74, 6) is 0.873. The zero-order valence-corrected chi connectivity index (χ0v) is 13.4. The molecular formula is C20H26NO. The van der Waals surface area contributed by atoms with Crippen molar-refractivity contribution in [1.29, 1.82) is 0 Å². The van der Waals surface area contributed by atoms with E-state index in [0.29, 0.717) is 11.5 Å². The first-order chi connectivity index (χ1) is 10.9. The van der Waals surface area contributed by atoms with Gasteiger partial charge in [0.1, 0.15) is 0 Å². The molecule has 4 aliphatic rings. The lowest BCUT2D eigenvalue weighted by atomic mass is 9.52. The number of nitrogens with zero attached hydrogens (tertiary/aromatic N) is 1. The second-order valence-corrected chi connectivity index (χ2v) is 7.89. The van der Waals surface area contributed by atoms with Crippen LogP contribution in [0.5, 0.6) is 0 Å². The third-order valence-corrected chi connectivity index (χ3v) is 7.03. The summed E-state index contributed by atoms with van der Waals surface area (Å²) < 4.78 is 5.73. The Morgan fingerprint density at radius 3 is 3.09 bits per heavy atom. The minimum atomic E-state index is 0.477. The van der Waals surface area contributed by atoms with Crippen LogP contribution in [-0.4, -0.2) is 36.7 Å². The van der Waals surface area contributed by atoms with Crippen molar-refractivity contribution in [3.8, 4) is 0 Å². The fraction of sp³-hybridized carbons (Fsp3) is 0.700. The van der Waals surface area contributed by atoms with Gasteiger partial charge in [-0.2, -0.15) is 0 Å². The second-order valence-electron chi connectivity index (χ2n) is 7.89. The van der Waals surface area contributed by atoms with Crippen LogP contribution in [0, 0.1) is 12.0 Å². The maximum absolute atomic E-state index is 5.73. The van der Waals surface area contributed by atoms with Gasteiger partial charge in [-0.05, 0) is 61.8 Å². The molecule has 1 saturated carbocycles. The van der Waals surface area contributed by atoms with Gasteiger partial charge in [0.25, 0.3) is 0 Å². The summed E-state index contributed by atoms with van der Waals surface area (Å²) in [4.78, 5) is 2.79. The van der Waals surface area contributed by atoms with E-state index in [9.17, 15) is 0 Å². The number of rotatable bonds is 2. The van der Waals surface area contributed by atoms with Crippen molar-refractivity contribution in [2.24, 2.45) is 5.92 Å². The first-order valence-electron chi connectivity index (χ1n) is 9.22. The fourth-order valence-corrected chi connectivity index (χ4v) is 5.89. The maximum Gasteiger partial charge on any atom is 0.0724 e. The number of fused-ring (bicyclic) bond motifs is 1. The number of ether oxygens (including phenoxy) is 1. The molecule has 22 heavy (non-hydrogen) atoms. The van der Waals surface area contributed by atoms with Crippen molar-refractivity contribution in [2.75, 3.05) is 19.7 Å². The number of benzene rings is 1. The summed E-state index contributed by atoms with van der Waals surface area (Å²) in [6, 6.07) is 10.9. The van der Waals surface area contributed by atoms with Gasteiger partial charge in [0, 0.05) is 24.6 Å². The Labute approximate surface area is 133 Å². The number of piperidine rings is 1. The molecule has 0 N–H and O–H groups in total. The third-order valence-electron chi connectivity index (χ3n) is 7.03. The maximum atomic E-state index is 5.73. The summed E-state index contributed by atoms with van der Waals surface area (Å²) >= 11 is 0. The van der Waals surface area contributed by atoms with Crippen LogP contribution in [0.2, 0.25) is 0 Å². The molecule has 0 amide bonds. The lowest BCUT2D eigenvalue weighted by molar-refractivity contribution is -0.0947. The molecule has 0 aromatic heterocycles. The Morgan fingerprint density at radius 1 is 1.27 bits per heavy atom. The lowest BCUT2D eigenvalue weighted by Crippen LogP contribution is -2.62. The van der Waals surface area contributed by atoms with E-state index in [0.717, 1.165) is 18.6 Å². The Hall–Kier alpha value is -0.860. The van der Waals surface area contributed by atoms with E-state index in [4.69, 9.17) is 4.74 Å². The number of hydrogen-bond acceptors (Lipinski definition) is 2. The van der Waals surface area contributed by atoms with Crippen LogP contribution < -0.4 is 0 Å². The highest BCUT2D eigenvalue weighted by atomic mass is 16.5. The van der Waals surface area contributed by atoms with Gasteiger partial charge in [-0.25, -0.2) is 0 Å². The topological polar surface area (TPSA) is 12.5 Å². The molecule has 3 fully saturated rings. The van der Waals surface area contributed by atoms with E-state index in [1.165, 1.54) is 58.0 Å². The molecule has 2 heterocycles. The number of likely N-dealkylation sites (tertiary alicyclic amines) is 1. The quantitative estimate of drug-likeness (QED) is 0.830. The smallest absolute Gasteiger partial charge is 0.0724 e. The summed E-state index contributed by atoms with van der Waals surface area (Å²) in [6.45, 7) is 3.43. The highest BCUT2D eigenvalue weighted by Crippen LogP contribution is 2.55. The van der Waals surface area contributed by atoms with E-state index in [1.807, 2.05) is 0 Å². The first kappa shape index (κ1) is 13.6. The monoisotopic (exact) mass is 296 g/mol. The zero-order chi connectivity index (χ0) is 14.6. The molecule has 1 aromatic rings. The van der Waals surface area contributed by atoms with Gasteiger partial charge >= 0.3 is 0 Å². The van der Waals surface area contributed by atoms with Crippen LogP contribution in [0.4, 0.5) is 0 Å². The third kappa shape index (κ3) is 1.86. The molecule has 1 unspecified atom stereocenters. The van der Waals surface area contributed by atoms with Crippen LogP contribution in [0.3, 0.4) is 0 Å². The molecule has 4 atom stereocenters. The molecule has 2 aliphatic carbocycles. The molecule has 117 valence electrons. The summed E-state index contributed by atoms with van der Waals surface area (Å²) in [7, 11) is 0. The Balaban J connectivity index is 1.52. The van der Waals surface area contributed by atoms with Crippen molar-refractivity contribution in [3.05, 3.63) is 35.4 Å². The molecule has 2 bridgehead atoms. The van der Waals surface area contributed by atoms with Gasteiger partial charge in [0.05, 0.1) is 6.10 Å². The SMILES string of the molecule is [c]1ccc2c(c1)[C@@]13CCCC[C@H]1[C@@H](C2)N(CC1CCO1)CC3. The minimum absolute atomic E-state index is 0.477. The van der Waals surface area contributed by atoms with Gasteiger partial charge in [0.15, 0.2) is 0 Å². The van der Waals surface area contributed by atoms with E-state index < -0.39 is 0 Å². The molecule has 1 aromatic carbocycles. The lowest BCUT2D eigenvalue weighted by Gasteiger charge is -2.59.